The van der Waals surface area contributed by atoms with Crippen molar-refractivity contribution in [1.82, 2.24) is 20.2 Å². The molecule has 1 amide bonds. The quantitative estimate of drug-likeness (QED) is 0.173. The molecule has 0 bridgehead atoms. The Balaban J connectivity index is 1.17. The van der Waals surface area contributed by atoms with E-state index < -0.39 is 0 Å². The summed E-state index contributed by atoms with van der Waals surface area (Å²) in [4.78, 5) is 22.0. The molecule has 2 aliphatic rings. The highest BCUT2D eigenvalue weighted by Crippen LogP contribution is 2.38. The Morgan fingerprint density at radius 2 is 1.84 bits per heavy atom. The van der Waals surface area contributed by atoms with Crippen LogP contribution in [-0.4, -0.2) is 26.1 Å². The second-order valence-corrected chi connectivity index (χ2v) is 11.4. The standard InChI is InChI=1S/C34H32FN7O/c35-26-11-5-4-9-24(26)23-10-6-12-29-25(23)17-27(36)32(40-29)34-33-30(41-42-34)14-13-28(39-33)21-16-22(19-37-18-21)38-31(43)15-20-7-2-1-3-8-20/h4-6,9-14,16,18-20,40H,1-3,7-8,15,17,36H2,(H,38,43)(H,41,42). The Kier molecular flexibility index (Phi) is 7.06. The molecule has 0 unspecified atom stereocenters. The SMILES string of the molecule is NC1=C(c2n[nH]c3ccc(-c4cncc(NC(=O)CC5CCCCC5)c4)nc23)Nc2cccc(-c3ccccc3F)c2C1. The first-order valence-corrected chi connectivity index (χ1v) is 14.8. The van der Waals surface area contributed by atoms with E-state index in [1.807, 2.05) is 42.5 Å². The number of rotatable bonds is 6. The summed E-state index contributed by atoms with van der Waals surface area (Å²) < 4.78 is 14.7. The number of nitrogens with one attached hydrogen (secondary N) is 3. The van der Waals surface area contributed by atoms with E-state index in [-0.39, 0.29) is 11.7 Å². The number of hydrogen-bond donors (Lipinski definition) is 4. The third kappa shape index (κ3) is 5.34. The molecule has 216 valence electrons. The zero-order chi connectivity index (χ0) is 29.3. The van der Waals surface area contributed by atoms with Gasteiger partial charge in [-0.3, -0.25) is 14.9 Å². The molecule has 0 spiro atoms. The zero-order valence-corrected chi connectivity index (χ0v) is 23.7. The highest BCUT2D eigenvalue weighted by Gasteiger charge is 2.25. The minimum Gasteiger partial charge on any atom is -0.400 e. The Morgan fingerprint density at radius 1 is 1.00 bits per heavy atom. The molecule has 0 saturated heterocycles. The average Bonchev–Trinajstić information content (AvgIpc) is 3.44. The lowest BCUT2D eigenvalue weighted by Gasteiger charge is -2.24. The normalized spacial score (nSPS) is 15.3. The smallest absolute Gasteiger partial charge is 0.224 e. The molecule has 8 nitrogen and oxygen atoms in total. The van der Waals surface area contributed by atoms with Gasteiger partial charge in [0, 0.05) is 41.5 Å². The summed E-state index contributed by atoms with van der Waals surface area (Å²) in [6.07, 6.45) is 10.3. The first kappa shape index (κ1) is 26.8. The van der Waals surface area contributed by atoms with Crippen molar-refractivity contribution in [2.75, 3.05) is 10.6 Å². The van der Waals surface area contributed by atoms with Crippen molar-refractivity contribution in [2.24, 2.45) is 11.7 Å². The van der Waals surface area contributed by atoms with E-state index in [1.165, 1.54) is 25.3 Å². The van der Waals surface area contributed by atoms with Crippen LogP contribution in [0.25, 0.3) is 39.1 Å². The van der Waals surface area contributed by atoms with Crippen molar-refractivity contribution in [3.8, 4) is 22.4 Å². The highest BCUT2D eigenvalue weighted by molar-refractivity contribution is 5.95. The molecule has 1 fully saturated rings. The predicted molar refractivity (Wildman–Crippen MR) is 167 cm³/mol. The van der Waals surface area contributed by atoms with Crippen molar-refractivity contribution >= 4 is 34.0 Å². The van der Waals surface area contributed by atoms with Crippen molar-refractivity contribution in [2.45, 2.75) is 44.9 Å². The van der Waals surface area contributed by atoms with E-state index in [9.17, 15) is 9.18 Å². The van der Waals surface area contributed by atoms with E-state index in [0.29, 0.717) is 58.3 Å². The summed E-state index contributed by atoms with van der Waals surface area (Å²) in [5.74, 6) is 0.207. The highest BCUT2D eigenvalue weighted by atomic mass is 19.1. The van der Waals surface area contributed by atoms with Crippen LogP contribution in [0.15, 0.2) is 78.8 Å². The van der Waals surface area contributed by atoms with E-state index >= 15 is 0 Å². The third-order valence-electron chi connectivity index (χ3n) is 8.45. The van der Waals surface area contributed by atoms with Gasteiger partial charge in [0.05, 0.1) is 28.8 Å². The fourth-order valence-electron chi connectivity index (χ4n) is 6.28. The van der Waals surface area contributed by atoms with Crippen LogP contribution in [0.5, 0.6) is 0 Å². The average molecular weight is 574 g/mol. The fraction of sp³-hybridized carbons (Fsp3) is 0.235. The topological polar surface area (TPSA) is 122 Å². The lowest BCUT2D eigenvalue weighted by atomic mass is 9.87. The van der Waals surface area contributed by atoms with E-state index in [1.54, 1.807) is 24.5 Å². The van der Waals surface area contributed by atoms with Gasteiger partial charge in [-0.05, 0) is 60.2 Å². The van der Waals surface area contributed by atoms with Crippen LogP contribution in [0.1, 0.15) is 49.8 Å². The second-order valence-electron chi connectivity index (χ2n) is 11.4. The number of allylic oxidation sites excluding steroid dienone is 1. The van der Waals surface area contributed by atoms with Crippen molar-refractivity contribution < 1.29 is 9.18 Å². The number of benzene rings is 2. The molecule has 4 heterocycles. The minimum absolute atomic E-state index is 0.0237. The van der Waals surface area contributed by atoms with Gasteiger partial charge in [0.25, 0.3) is 0 Å². The maximum Gasteiger partial charge on any atom is 0.224 e. The maximum absolute atomic E-state index is 14.7. The number of carbonyl (C=O) groups excluding carboxylic acids is 1. The summed E-state index contributed by atoms with van der Waals surface area (Å²) in [6.45, 7) is 0. The van der Waals surface area contributed by atoms with Gasteiger partial charge in [0.15, 0.2) is 0 Å². The van der Waals surface area contributed by atoms with Gasteiger partial charge >= 0.3 is 0 Å². The van der Waals surface area contributed by atoms with E-state index in [2.05, 4.69) is 25.8 Å². The molecule has 5 N–H and O–H groups in total. The first-order valence-electron chi connectivity index (χ1n) is 14.8. The lowest BCUT2D eigenvalue weighted by Crippen LogP contribution is -2.18. The van der Waals surface area contributed by atoms with Gasteiger partial charge in [-0.1, -0.05) is 49.6 Å². The molecule has 7 rings (SSSR count). The summed E-state index contributed by atoms with van der Waals surface area (Å²) in [6, 6.07) is 18.2. The monoisotopic (exact) mass is 573 g/mol. The fourth-order valence-corrected chi connectivity index (χ4v) is 6.28. The molecule has 0 atom stereocenters. The molecule has 3 aromatic heterocycles. The van der Waals surface area contributed by atoms with Crippen LogP contribution in [0.3, 0.4) is 0 Å². The van der Waals surface area contributed by atoms with Crippen molar-refractivity contribution in [3.63, 3.8) is 0 Å². The predicted octanol–water partition coefficient (Wildman–Crippen LogP) is 7.03. The summed E-state index contributed by atoms with van der Waals surface area (Å²) in [5.41, 5.74) is 15.1. The molecule has 1 saturated carbocycles. The summed E-state index contributed by atoms with van der Waals surface area (Å²) in [5, 5.41) is 14.1. The molecule has 9 heteroatoms. The Labute approximate surface area is 248 Å². The Hall–Kier alpha value is -5.05. The van der Waals surface area contributed by atoms with Crippen molar-refractivity contribution in [1.29, 1.82) is 0 Å². The molecule has 0 radical (unpaired) electrons. The van der Waals surface area contributed by atoms with Crippen LogP contribution in [0.4, 0.5) is 15.8 Å². The second kappa shape index (κ2) is 11.3. The van der Waals surface area contributed by atoms with Gasteiger partial charge in [-0.15, -0.1) is 0 Å². The number of carbonyl (C=O) groups is 1. The number of halogens is 1. The van der Waals surface area contributed by atoms with Crippen LogP contribution >= 0.6 is 0 Å². The first-order chi connectivity index (χ1) is 21.0. The Bertz CT molecular complexity index is 1870. The van der Waals surface area contributed by atoms with Crippen molar-refractivity contribution in [3.05, 3.63) is 95.8 Å². The number of nitrogens with zero attached hydrogens (tertiary/aromatic N) is 3. The van der Waals surface area contributed by atoms with E-state index in [0.717, 1.165) is 40.7 Å². The molecule has 2 aromatic carbocycles. The van der Waals surface area contributed by atoms with Crippen LogP contribution < -0.4 is 16.4 Å². The van der Waals surface area contributed by atoms with Crippen LogP contribution in [0.2, 0.25) is 0 Å². The molecule has 5 aromatic rings. The van der Waals surface area contributed by atoms with Gasteiger partial charge in [-0.2, -0.15) is 5.10 Å². The van der Waals surface area contributed by atoms with Gasteiger partial charge in [-0.25, -0.2) is 9.37 Å². The molecular formula is C34H32FN7O. The number of hydrogen-bond acceptors (Lipinski definition) is 6. The van der Waals surface area contributed by atoms with Crippen LogP contribution in [0, 0.1) is 11.7 Å². The number of pyridine rings is 2. The molecule has 43 heavy (non-hydrogen) atoms. The van der Waals surface area contributed by atoms with Gasteiger partial charge in [0.1, 0.15) is 17.0 Å². The number of aromatic amines is 1. The number of anilines is 2. The maximum atomic E-state index is 14.7. The minimum atomic E-state index is -0.276. The number of H-pyrrole nitrogens is 1. The molecule has 1 aliphatic heterocycles. The largest absolute Gasteiger partial charge is 0.400 e. The zero-order valence-electron chi connectivity index (χ0n) is 23.7. The van der Waals surface area contributed by atoms with E-state index in [4.69, 9.17) is 10.7 Å². The van der Waals surface area contributed by atoms with Crippen LogP contribution in [-0.2, 0) is 11.2 Å². The molecule has 1 aliphatic carbocycles. The number of aromatic nitrogens is 4. The summed E-state index contributed by atoms with van der Waals surface area (Å²) in [7, 11) is 0. The number of amides is 1. The Morgan fingerprint density at radius 3 is 2.70 bits per heavy atom. The summed E-state index contributed by atoms with van der Waals surface area (Å²) >= 11 is 0. The van der Waals surface area contributed by atoms with Gasteiger partial charge in [0.2, 0.25) is 5.91 Å². The number of fused-ring (bicyclic) bond motifs is 2. The molecular weight excluding hydrogens is 541 g/mol. The number of nitrogens with two attached hydrogens (primary N) is 1. The lowest BCUT2D eigenvalue weighted by molar-refractivity contribution is -0.117. The van der Waals surface area contributed by atoms with Gasteiger partial charge < -0.3 is 16.4 Å². The third-order valence-corrected chi connectivity index (χ3v) is 8.45.